The van der Waals surface area contributed by atoms with Gasteiger partial charge in [-0.15, -0.1) is 0 Å². The number of hydrogen-bond donors (Lipinski definition) is 2. The summed E-state index contributed by atoms with van der Waals surface area (Å²) in [5, 5.41) is 9.37. The van der Waals surface area contributed by atoms with Gasteiger partial charge in [-0.1, -0.05) is 6.07 Å². The molecule has 1 aliphatic rings. The van der Waals surface area contributed by atoms with Gasteiger partial charge in [-0.25, -0.2) is 4.98 Å². The summed E-state index contributed by atoms with van der Waals surface area (Å²) in [5.41, 5.74) is -0.344. The number of aromatic nitrogens is 2. The van der Waals surface area contributed by atoms with Crippen molar-refractivity contribution in [1.29, 1.82) is 0 Å². The minimum atomic E-state index is -0.510. The fourth-order valence-corrected chi connectivity index (χ4v) is 2.43. The van der Waals surface area contributed by atoms with Crippen molar-refractivity contribution in [3.63, 3.8) is 0 Å². The Balaban J connectivity index is 1.67. The van der Waals surface area contributed by atoms with Crippen LogP contribution in [0.25, 0.3) is 0 Å². The van der Waals surface area contributed by atoms with Crippen LogP contribution in [0.1, 0.15) is 16.8 Å². The third-order valence-electron chi connectivity index (χ3n) is 3.43. The van der Waals surface area contributed by atoms with Gasteiger partial charge in [0.1, 0.15) is 6.10 Å². The van der Waals surface area contributed by atoms with Crippen molar-refractivity contribution in [2.24, 2.45) is 0 Å². The number of hydrogen-bond acceptors (Lipinski definition) is 5. The highest BCUT2D eigenvalue weighted by atomic mass is 16.5. The molecule has 2 N–H and O–H groups in total. The molecule has 0 aliphatic carbocycles. The predicted octanol–water partition coefficient (Wildman–Crippen LogP) is 0.769. The van der Waals surface area contributed by atoms with E-state index in [9.17, 15) is 14.7 Å². The SMILES string of the molecule is O=C(c1cc(O)[nH]c(=O)c1)N1CCC(Oc2ccccn2)C1. The summed E-state index contributed by atoms with van der Waals surface area (Å²) in [6.07, 6.45) is 2.21. The molecule has 0 saturated carbocycles. The Hall–Kier alpha value is -2.83. The van der Waals surface area contributed by atoms with Crippen LogP contribution in [0.4, 0.5) is 0 Å². The Morgan fingerprint density at radius 2 is 2.27 bits per heavy atom. The second-order valence-electron chi connectivity index (χ2n) is 5.07. The van der Waals surface area contributed by atoms with E-state index in [2.05, 4.69) is 9.97 Å². The largest absolute Gasteiger partial charge is 0.494 e. The van der Waals surface area contributed by atoms with Gasteiger partial charge >= 0.3 is 0 Å². The van der Waals surface area contributed by atoms with E-state index in [0.717, 1.165) is 0 Å². The normalized spacial score (nSPS) is 17.5. The molecule has 1 saturated heterocycles. The number of aromatic hydroxyl groups is 1. The second-order valence-corrected chi connectivity index (χ2v) is 5.07. The highest BCUT2D eigenvalue weighted by molar-refractivity contribution is 5.94. The summed E-state index contributed by atoms with van der Waals surface area (Å²) in [4.78, 5) is 31.5. The van der Waals surface area contributed by atoms with Gasteiger partial charge in [0, 0.05) is 37.4 Å². The monoisotopic (exact) mass is 301 g/mol. The Labute approximate surface area is 126 Å². The van der Waals surface area contributed by atoms with E-state index < -0.39 is 5.56 Å². The van der Waals surface area contributed by atoms with E-state index in [1.165, 1.54) is 12.1 Å². The van der Waals surface area contributed by atoms with Crippen LogP contribution < -0.4 is 10.3 Å². The second kappa shape index (κ2) is 5.88. The minimum absolute atomic E-state index is 0.130. The van der Waals surface area contributed by atoms with Crippen LogP contribution in [0.3, 0.4) is 0 Å². The first-order valence-corrected chi connectivity index (χ1v) is 6.92. The lowest BCUT2D eigenvalue weighted by Gasteiger charge is -2.17. The van der Waals surface area contributed by atoms with Gasteiger partial charge in [-0.2, -0.15) is 0 Å². The van der Waals surface area contributed by atoms with Crippen LogP contribution in [0, 0.1) is 0 Å². The summed E-state index contributed by atoms with van der Waals surface area (Å²) in [5.74, 6) is -0.0968. The van der Waals surface area contributed by atoms with Crippen molar-refractivity contribution < 1.29 is 14.6 Å². The summed E-state index contributed by atoms with van der Waals surface area (Å²) < 4.78 is 5.72. The highest BCUT2D eigenvalue weighted by Crippen LogP contribution is 2.18. The van der Waals surface area contributed by atoms with Crippen molar-refractivity contribution in [1.82, 2.24) is 14.9 Å². The van der Waals surface area contributed by atoms with Gasteiger partial charge in [0.2, 0.25) is 5.88 Å². The first-order valence-electron chi connectivity index (χ1n) is 6.92. The maximum absolute atomic E-state index is 12.3. The van der Waals surface area contributed by atoms with Crippen LogP contribution in [0.5, 0.6) is 11.8 Å². The van der Waals surface area contributed by atoms with Crippen LogP contribution in [-0.2, 0) is 0 Å². The van der Waals surface area contributed by atoms with Gasteiger partial charge in [0.25, 0.3) is 11.5 Å². The molecule has 0 bridgehead atoms. The van der Waals surface area contributed by atoms with Crippen molar-refractivity contribution in [2.75, 3.05) is 13.1 Å². The number of nitrogens with zero attached hydrogens (tertiary/aromatic N) is 2. The quantitative estimate of drug-likeness (QED) is 0.873. The number of rotatable bonds is 3. The fourth-order valence-electron chi connectivity index (χ4n) is 2.43. The van der Waals surface area contributed by atoms with Gasteiger partial charge in [0.15, 0.2) is 5.88 Å². The summed E-state index contributed by atoms with van der Waals surface area (Å²) >= 11 is 0. The van der Waals surface area contributed by atoms with E-state index in [1.54, 1.807) is 23.2 Å². The molecule has 1 unspecified atom stereocenters. The number of pyridine rings is 2. The molecule has 3 heterocycles. The minimum Gasteiger partial charge on any atom is -0.494 e. The zero-order valence-corrected chi connectivity index (χ0v) is 11.7. The van der Waals surface area contributed by atoms with E-state index in [0.29, 0.717) is 25.4 Å². The molecule has 1 atom stereocenters. The molecular formula is C15H15N3O4. The van der Waals surface area contributed by atoms with Gasteiger partial charge in [0.05, 0.1) is 12.1 Å². The molecule has 2 aromatic heterocycles. The van der Waals surface area contributed by atoms with Crippen LogP contribution >= 0.6 is 0 Å². The zero-order chi connectivity index (χ0) is 15.5. The molecular weight excluding hydrogens is 286 g/mol. The van der Waals surface area contributed by atoms with Crippen LogP contribution in [0.2, 0.25) is 0 Å². The molecule has 2 aromatic rings. The van der Waals surface area contributed by atoms with E-state index in [-0.39, 0.29) is 23.5 Å². The number of ether oxygens (including phenoxy) is 1. The Bertz CT molecular complexity index is 729. The highest BCUT2D eigenvalue weighted by Gasteiger charge is 2.28. The molecule has 0 aromatic carbocycles. The van der Waals surface area contributed by atoms with Gasteiger partial charge < -0.3 is 14.7 Å². The Kier molecular flexibility index (Phi) is 3.78. The maximum atomic E-state index is 12.3. The predicted molar refractivity (Wildman–Crippen MR) is 77.9 cm³/mol. The average Bonchev–Trinajstić information content (AvgIpc) is 2.95. The molecule has 3 rings (SSSR count). The Morgan fingerprint density at radius 3 is 3.00 bits per heavy atom. The first kappa shape index (κ1) is 14.1. The number of carbonyl (C=O) groups excluding carboxylic acids is 1. The topological polar surface area (TPSA) is 95.5 Å². The maximum Gasteiger partial charge on any atom is 0.254 e. The number of aromatic amines is 1. The van der Waals surface area contributed by atoms with Crippen molar-refractivity contribution in [2.45, 2.75) is 12.5 Å². The van der Waals surface area contributed by atoms with Crippen LogP contribution in [0.15, 0.2) is 41.3 Å². The van der Waals surface area contributed by atoms with E-state index >= 15 is 0 Å². The molecule has 114 valence electrons. The lowest BCUT2D eigenvalue weighted by molar-refractivity contribution is 0.0770. The lowest BCUT2D eigenvalue weighted by Crippen LogP contribution is -2.31. The molecule has 7 heteroatoms. The van der Waals surface area contributed by atoms with Crippen molar-refractivity contribution >= 4 is 5.91 Å². The summed E-state index contributed by atoms with van der Waals surface area (Å²) in [6.45, 7) is 0.951. The number of nitrogens with one attached hydrogen (secondary N) is 1. The third-order valence-corrected chi connectivity index (χ3v) is 3.43. The van der Waals surface area contributed by atoms with Crippen molar-refractivity contribution in [3.05, 3.63) is 52.4 Å². The zero-order valence-electron chi connectivity index (χ0n) is 11.7. The number of likely N-dealkylation sites (tertiary alicyclic amines) is 1. The van der Waals surface area contributed by atoms with Gasteiger partial charge in [-0.3, -0.25) is 14.6 Å². The van der Waals surface area contributed by atoms with Crippen molar-refractivity contribution in [3.8, 4) is 11.8 Å². The Morgan fingerprint density at radius 1 is 1.41 bits per heavy atom. The van der Waals surface area contributed by atoms with Gasteiger partial charge in [-0.05, 0) is 6.07 Å². The molecule has 0 radical (unpaired) electrons. The smallest absolute Gasteiger partial charge is 0.254 e. The fraction of sp³-hybridized carbons (Fsp3) is 0.267. The number of H-pyrrole nitrogens is 1. The summed E-state index contributed by atoms with van der Waals surface area (Å²) in [7, 11) is 0. The molecule has 1 fully saturated rings. The standard InChI is InChI=1S/C15H15N3O4/c19-12-7-10(8-13(20)17-12)15(21)18-6-4-11(9-18)22-14-3-1-2-5-16-14/h1-3,5,7-8,11H,4,6,9H2,(H2,17,19,20). The van der Waals surface area contributed by atoms with Crippen LogP contribution in [-0.4, -0.2) is 45.1 Å². The van der Waals surface area contributed by atoms with E-state index in [4.69, 9.17) is 4.74 Å². The summed E-state index contributed by atoms with van der Waals surface area (Å²) in [6, 6.07) is 7.82. The molecule has 1 aliphatic heterocycles. The van der Waals surface area contributed by atoms with E-state index in [1.807, 2.05) is 6.07 Å². The first-order chi connectivity index (χ1) is 10.6. The molecule has 1 amide bonds. The average molecular weight is 301 g/mol. The molecule has 22 heavy (non-hydrogen) atoms. The molecule has 7 nitrogen and oxygen atoms in total. The number of carbonyl (C=O) groups is 1. The molecule has 0 spiro atoms. The lowest BCUT2D eigenvalue weighted by atomic mass is 10.2. The number of amides is 1. The third kappa shape index (κ3) is 3.08.